The molecule has 1 atom stereocenters. The number of allylic oxidation sites excluding steroid dienone is 1. The van der Waals surface area contributed by atoms with Crippen molar-refractivity contribution in [3.8, 4) is 0 Å². The summed E-state index contributed by atoms with van der Waals surface area (Å²) in [4.78, 5) is 0. The standard InChI is InChI=1S/C7H12O3S/c1-7(11(8,9)10)5-3-2-4-6-7/h3,5H,2,4,6H2,1H3,(H,8,9,10). The first kappa shape index (κ1) is 8.74. The molecule has 0 fully saturated rings. The van der Waals surface area contributed by atoms with Gasteiger partial charge in [0.2, 0.25) is 0 Å². The minimum absolute atomic E-state index is 0.516. The van der Waals surface area contributed by atoms with Crippen LogP contribution in [-0.2, 0) is 10.1 Å². The summed E-state index contributed by atoms with van der Waals surface area (Å²) in [7, 11) is -3.91. The van der Waals surface area contributed by atoms with Gasteiger partial charge in [-0.15, -0.1) is 0 Å². The molecule has 0 saturated heterocycles. The van der Waals surface area contributed by atoms with E-state index in [1.54, 1.807) is 12.2 Å². The molecule has 4 heteroatoms. The Morgan fingerprint density at radius 2 is 2.18 bits per heavy atom. The Bertz CT molecular complexity index is 265. The Morgan fingerprint density at radius 1 is 1.55 bits per heavy atom. The highest BCUT2D eigenvalue weighted by molar-refractivity contribution is 7.87. The number of hydrogen-bond donors (Lipinski definition) is 1. The van der Waals surface area contributed by atoms with E-state index in [-0.39, 0.29) is 0 Å². The van der Waals surface area contributed by atoms with Gasteiger partial charge in [-0.1, -0.05) is 12.2 Å². The van der Waals surface area contributed by atoms with Gasteiger partial charge in [0.1, 0.15) is 4.75 Å². The maximum absolute atomic E-state index is 10.8. The summed E-state index contributed by atoms with van der Waals surface area (Å²) in [5.74, 6) is 0. The van der Waals surface area contributed by atoms with Crippen LogP contribution in [0.2, 0.25) is 0 Å². The summed E-state index contributed by atoms with van der Waals surface area (Å²) in [6.07, 6.45) is 5.63. The molecule has 0 aliphatic heterocycles. The number of hydrogen-bond acceptors (Lipinski definition) is 2. The van der Waals surface area contributed by atoms with Gasteiger partial charge in [-0.05, 0) is 26.2 Å². The van der Waals surface area contributed by atoms with Gasteiger partial charge in [0.15, 0.2) is 0 Å². The van der Waals surface area contributed by atoms with E-state index in [2.05, 4.69) is 0 Å². The third-order valence-corrected chi connectivity index (χ3v) is 3.62. The molecule has 1 unspecified atom stereocenters. The molecule has 1 aliphatic carbocycles. The third kappa shape index (κ3) is 1.62. The topological polar surface area (TPSA) is 54.4 Å². The Kier molecular flexibility index (Phi) is 2.07. The minimum Gasteiger partial charge on any atom is -0.285 e. The second kappa shape index (κ2) is 2.60. The smallest absolute Gasteiger partial charge is 0.274 e. The Labute approximate surface area is 66.9 Å². The van der Waals surface area contributed by atoms with Crippen molar-refractivity contribution < 1.29 is 13.0 Å². The fourth-order valence-corrected chi connectivity index (χ4v) is 1.87. The third-order valence-electron chi connectivity index (χ3n) is 2.10. The van der Waals surface area contributed by atoms with Crippen molar-refractivity contribution in [3.05, 3.63) is 12.2 Å². The lowest BCUT2D eigenvalue weighted by Crippen LogP contribution is -2.33. The molecular formula is C7H12O3S. The molecule has 0 aromatic rings. The molecule has 0 spiro atoms. The van der Waals surface area contributed by atoms with Gasteiger partial charge in [-0.2, -0.15) is 8.42 Å². The van der Waals surface area contributed by atoms with Crippen LogP contribution in [0.4, 0.5) is 0 Å². The normalized spacial score (nSPS) is 32.2. The van der Waals surface area contributed by atoms with Crippen LogP contribution >= 0.6 is 0 Å². The van der Waals surface area contributed by atoms with Crippen molar-refractivity contribution >= 4 is 10.1 Å². The summed E-state index contributed by atoms with van der Waals surface area (Å²) in [5.41, 5.74) is 0. The zero-order valence-electron chi connectivity index (χ0n) is 6.45. The van der Waals surface area contributed by atoms with Gasteiger partial charge >= 0.3 is 0 Å². The highest BCUT2D eigenvalue weighted by atomic mass is 32.2. The highest BCUT2D eigenvalue weighted by Crippen LogP contribution is 2.28. The molecule has 11 heavy (non-hydrogen) atoms. The fraction of sp³-hybridized carbons (Fsp3) is 0.714. The van der Waals surface area contributed by atoms with E-state index < -0.39 is 14.9 Å². The van der Waals surface area contributed by atoms with Crippen LogP contribution in [0.1, 0.15) is 26.2 Å². The van der Waals surface area contributed by atoms with Gasteiger partial charge < -0.3 is 0 Å². The quantitative estimate of drug-likeness (QED) is 0.485. The Balaban J connectivity index is 2.99. The van der Waals surface area contributed by atoms with Crippen molar-refractivity contribution in [1.29, 1.82) is 0 Å². The van der Waals surface area contributed by atoms with Crippen LogP contribution in [0.5, 0.6) is 0 Å². The fourth-order valence-electron chi connectivity index (χ4n) is 1.20. The van der Waals surface area contributed by atoms with Gasteiger partial charge in [-0.25, -0.2) is 0 Å². The van der Waals surface area contributed by atoms with E-state index in [0.717, 1.165) is 12.8 Å². The largest absolute Gasteiger partial charge is 0.285 e. The van der Waals surface area contributed by atoms with Crippen LogP contribution in [0.25, 0.3) is 0 Å². The summed E-state index contributed by atoms with van der Waals surface area (Å²) in [6, 6.07) is 0. The Hall–Kier alpha value is -0.350. The van der Waals surface area contributed by atoms with E-state index in [1.807, 2.05) is 0 Å². The van der Waals surface area contributed by atoms with E-state index in [4.69, 9.17) is 4.55 Å². The van der Waals surface area contributed by atoms with E-state index in [9.17, 15) is 8.42 Å². The van der Waals surface area contributed by atoms with E-state index >= 15 is 0 Å². The first-order chi connectivity index (χ1) is 4.96. The van der Waals surface area contributed by atoms with Crippen molar-refractivity contribution in [2.75, 3.05) is 0 Å². The zero-order valence-corrected chi connectivity index (χ0v) is 7.26. The molecule has 0 aromatic carbocycles. The van der Waals surface area contributed by atoms with Gasteiger partial charge in [0.05, 0.1) is 0 Å². The second-order valence-corrected chi connectivity index (χ2v) is 4.97. The van der Waals surface area contributed by atoms with Crippen LogP contribution in [0.3, 0.4) is 0 Å². The minimum atomic E-state index is -3.91. The van der Waals surface area contributed by atoms with E-state index in [0.29, 0.717) is 6.42 Å². The summed E-state index contributed by atoms with van der Waals surface area (Å²) in [5, 5.41) is 0. The predicted octanol–water partition coefficient (Wildman–Crippen LogP) is 1.37. The lowest BCUT2D eigenvalue weighted by Gasteiger charge is -2.24. The van der Waals surface area contributed by atoms with Gasteiger partial charge in [-0.3, -0.25) is 4.55 Å². The molecular weight excluding hydrogens is 164 g/mol. The van der Waals surface area contributed by atoms with Crippen LogP contribution in [0, 0.1) is 0 Å². The van der Waals surface area contributed by atoms with E-state index in [1.165, 1.54) is 6.92 Å². The van der Waals surface area contributed by atoms with Crippen molar-refractivity contribution in [3.63, 3.8) is 0 Å². The van der Waals surface area contributed by atoms with Crippen molar-refractivity contribution in [2.24, 2.45) is 0 Å². The SMILES string of the molecule is CC1(S(=O)(=O)O)C=CCCC1. The molecule has 64 valence electrons. The monoisotopic (exact) mass is 176 g/mol. The maximum Gasteiger partial charge on any atom is 0.274 e. The molecule has 0 aromatic heterocycles. The second-order valence-electron chi connectivity index (χ2n) is 3.08. The molecule has 0 amide bonds. The molecule has 1 rings (SSSR count). The molecule has 0 saturated carbocycles. The average Bonchev–Trinajstić information content (AvgIpc) is 1.87. The first-order valence-electron chi connectivity index (χ1n) is 3.60. The van der Waals surface area contributed by atoms with Crippen molar-refractivity contribution in [1.82, 2.24) is 0 Å². The number of rotatable bonds is 1. The summed E-state index contributed by atoms with van der Waals surface area (Å²) < 4.78 is 29.4. The molecule has 0 bridgehead atoms. The molecule has 0 heterocycles. The lowest BCUT2D eigenvalue weighted by atomic mass is 9.97. The lowest BCUT2D eigenvalue weighted by molar-refractivity contribution is 0.437. The predicted molar refractivity (Wildman–Crippen MR) is 42.9 cm³/mol. The molecule has 0 radical (unpaired) electrons. The van der Waals surface area contributed by atoms with Crippen LogP contribution in [-0.4, -0.2) is 17.7 Å². The summed E-state index contributed by atoms with van der Waals surface area (Å²) >= 11 is 0. The highest BCUT2D eigenvalue weighted by Gasteiger charge is 2.35. The first-order valence-corrected chi connectivity index (χ1v) is 5.04. The maximum atomic E-state index is 10.8. The zero-order chi connectivity index (χ0) is 8.54. The van der Waals surface area contributed by atoms with Crippen LogP contribution < -0.4 is 0 Å². The van der Waals surface area contributed by atoms with Crippen LogP contribution in [0.15, 0.2) is 12.2 Å². The van der Waals surface area contributed by atoms with Gasteiger partial charge in [0.25, 0.3) is 10.1 Å². The molecule has 3 nitrogen and oxygen atoms in total. The van der Waals surface area contributed by atoms with Gasteiger partial charge in [0, 0.05) is 0 Å². The average molecular weight is 176 g/mol. The summed E-state index contributed by atoms with van der Waals surface area (Å²) in [6.45, 7) is 1.54. The Morgan fingerprint density at radius 3 is 2.45 bits per heavy atom. The molecule has 1 aliphatic rings. The molecule has 1 N–H and O–H groups in total. The van der Waals surface area contributed by atoms with Crippen molar-refractivity contribution in [2.45, 2.75) is 30.9 Å².